The van der Waals surface area contributed by atoms with Gasteiger partial charge in [0, 0.05) is 16.1 Å². The van der Waals surface area contributed by atoms with E-state index in [0.29, 0.717) is 17.0 Å². The van der Waals surface area contributed by atoms with Gasteiger partial charge in [0.1, 0.15) is 11.8 Å². The molecular formula is C20H19ClF3N3O3. The van der Waals surface area contributed by atoms with Gasteiger partial charge in [-0.25, -0.2) is 0 Å². The van der Waals surface area contributed by atoms with Crippen LogP contribution in [0.25, 0.3) is 0 Å². The molecule has 0 aromatic heterocycles. The summed E-state index contributed by atoms with van der Waals surface area (Å²) in [5, 5.41) is 11.4. The SMILES string of the molecule is CC[C@H](NC(=O)c1ccc(Cl)cc1)/C(=N/C(=N)c1ccc(OC(F)(F)F)cc1)OC. The van der Waals surface area contributed by atoms with Gasteiger partial charge in [0.25, 0.3) is 5.91 Å². The van der Waals surface area contributed by atoms with Gasteiger partial charge in [0.2, 0.25) is 5.90 Å². The maximum Gasteiger partial charge on any atom is 0.573 e. The van der Waals surface area contributed by atoms with Crippen molar-refractivity contribution in [1.82, 2.24) is 5.32 Å². The molecule has 1 amide bonds. The Bertz CT molecular complexity index is 914. The average molecular weight is 442 g/mol. The Balaban J connectivity index is 2.14. The van der Waals surface area contributed by atoms with Crippen LogP contribution in [-0.2, 0) is 4.74 Å². The third-order valence-corrected chi connectivity index (χ3v) is 4.16. The summed E-state index contributed by atoms with van der Waals surface area (Å²) in [5.74, 6) is -0.940. The fourth-order valence-corrected chi connectivity index (χ4v) is 2.56. The predicted octanol–water partition coefficient (Wildman–Crippen LogP) is 4.82. The van der Waals surface area contributed by atoms with Crippen molar-refractivity contribution in [2.75, 3.05) is 7.11 Å². The van der Waals surface area contributed by atoms with Gasteiger partial charge >= 0.3 is 6.36 Å². The standard InChI is InChI=1S/C20H19ClF3N3O3/c1-3-16(26-18(28)13-4-8-14(21)9-5-13)19(29-2)27-17(25)12-6-10-15(11-7-12)30-20(22,23)24/h4-11,16,25H,3H2,1-2H3,(H,26,28)/b25-17?,27-19-/t16-/m0/s1. The van der Waals surface area contributed by atoms with E-state index in [1.54, 1.807) is 31.2 Å². The third-order valence-electron chi connectivity index (χ3n) is 3.91. The number of carbonyl (C=O) groups is 1. The number of amides is 1. The number of nitrogens with zero attached hydrogens (tertiary/aromatic N) is 1. The first-order chi connectivity index (χ1) is 14.1. The van der Waals surface area contributed by atoms with E-state index in [1.807, 2.05) is 0 Å². The minimum Gasteiger partial charge on any atom is -0.483 e. The van der Waals surface area contributed by atoms with Crippen LogP contribution < -0.4 is 10.1 Å². The molecule has 2 rings (SSSR count). The summed E-state index contributed by atoms with van der Waals surface area (Å²) in [6.45, 7) is 1.80. The second-order valence-electron chi connectivity index (χ2n) is 6.02. The molecule has 0 saturated heterocycles. The van der Waals surface area contributed by atoms with Gasteiger partial charge in [-0.3, -0.25) is 10.2 Å². The maximum absolute atomic E-state index is 12.4. The molecule has 0 unspecified atom stereocenters. The van der Waals surface area contributed by atoms with Crippen LogP contribution in [0.5, 0.6) is 5.75 Å². The lowest BCUT2D eigenvalue weighted by molar-refractivity contribution is -0.274. The molecule has 1 atom stereocenters. The van der Waals surface area contributed by atoms with E-state index in [-0.39, 0.29) is 23.2 Å². The summed E-state index contributed by atoms with van der Waals surface area (Å²) in [5.41, 5.74) is 0.640. The summed E-state index contributed by atoms with van der Waals surface area (Å²) < 4.78 is 45.8. The quantitative estimate of drug-likeness (QED) is 0.498. The third kappa shape index (κ3) is 6.77. The molecular weight excluding hydrogens is 423 g/mol. The van der Waals surface area contributed by atoms with E-state index in [2.05, 4.69) is 15.0 Å². The number of amidine groups is 1. The van der Waals surface area contributed by atoms with Crippen molar-refractivity contribution in [1.29, 1.82) is 5.41 Å². The molecule has 0 aliphatic heterocycles. The number of ether oxygens (including phenoxy) is 2. The Hall–Kier alpha value is -3.07. The molecule has 6 nitrogen and oxygen atoms in total. The highest BCUT2D eigenvalue weighted by molar-refractivity contribution is 6.30. The zero-order valence-corrected chi connectivity index (χ0v) is 16.8. The molecule has 10 heteroatoms. The molecule has 2 aromatic rings. The van der Waals surface area contributed by atoms with Crippen LogP contribution in [0.2, 0.25) is 5.02 Å². The van der Waals surface area contributed by atoms with Crippen LogP contribution in [0.15, 0.2) is 53.5 Å². The van der Waals surface area contributed by atoms with E-state index in [0.717, 1.165) is 12.1 Å². The number of hydrogen-bond acceptors (Lipinski definition) is 4. The number of hydrogen-bond donors (Lipinski definition) is 2. The fourth-order valence-electron chi connectivity index (χ4n) is 2.44. The second kappa shape index (κ2) is 10.1. The maximum atomic E-state index is 12.4. The molecule has 2 aromatic carbocycles. The fraction of sp³-hybridized carbons (Fsp3) is 0.250. The van der Waals surface area contributed by atoms with Gasteiger partial charge in [0.05, 0.1) is 7.11 Å². The van der Waals surface area contributed by atoms with Crippen molar-refractivity contribution in [3.05, 3.63) is 64.7 Å². The number of aliphatic imine (C=N–C) groups is 1. The number of benzene rings is 2. The highest BCUT2D eigenvalue weighted by Crippen LogP contribution is 2.23. The van der Waals surface area contributed by atoms with Gasteiger partial charge in [-0.05, 0) is 55.0 Å². The zero-order valence-electron chi connectivity index (χ0n) is 16.1. The smallest absolute Gasteiger partial charge is 0.483 e. The van der Waals surface area contributed by atoms with Crippen molar-refractivity contribution < 1.29 is 27.4 Å². The van der Waals surface area contributed by atoms with Crippen LogP contribution in [0.4, 0.5) is 13.2 Å². The molecule has 0 aliphatic carbocycles. The van der Waals surface area contributed by atoms with Gasteiger partial charge in [0.15, 0.2) is 5.84 Å². The number of methoxy groups -OCH3 is 1. The molecule has 0 radical (unpaired) electrons. The van der Waals surface area contributed by atoms with Crippen LogP contribution in [-0.4, -0.2) is 37.2 Å². The van der Waals surface area contributed by atoms with Crippen LogP contribution in [0.3, 0.4) is 0 Å². The topological polar surface area (TPSA) is 83.8 Å². The molecule has 0 saturated carbocycles. The summed E-state index contributed by atoms with van der Waals surface area (Å²) in [6, 6.07) is 10.4. The highest BCUT2D eigenvalue weighted by Gasteiger charge is 2.31. The van der Waals surface area contributed by atoms with Gasteiger partial charge < -0.3 is 14.8 Å². The first-order valence-electron chi connectivity index (χ1n) is 8.76. The van der Waals surface area contributed by atoms with E-state index in [4.69, 9.17) is 21.7 Å². The first kappa shape index (κ1) is 23.2. The number of alkyl halides is 3. The summed E-state index contributed by atoms with van der Waals surface area (Å²) in [7, 11) is 1.35. The second-order valence-corrected chi connectivity index (χ2v) is 6.45. The van der Waals surface area contributed by atoms with Crippen molar-refractivity contribution in [3.63, 3.8) is 0 Å². The monoisotopic (exact) mass is 441 g/mol. The lowest BCUT2D eigenvalue weighted by Crippen LogP contribution is -2.41. The lowest BCUT2D eigenvalue weighted by Gasteiger charge is -2.18. The summed E-state index contributed by atoms with van der Waals surface area (Å²) in [6.07, 6.45) is -4.37. The average Bonchev–Trinajstić information content (AvgIpc) is 2.70. The molecule has 30 heavy (non-hydrogen) atoms. The van der Waals surface area contributed by atoms with Crippen LogP contribution >= 0.6 is 11.6 Å². The predicted molar refractivity (Wildman–Crippen MR) is 107 cm³/mol. The summed E-state index contributed by atoms with van der Waals surface area (Å²) in [4.78, 5) is 16.5. The van der Waals surface area contributed by atoms with E-state index in [1.165, 1.54) is 19.2 Å². The van der Waals surface area contributed by atoms with E-state index < -0.39 is 18.2 Å². The van der Waals surface area contributed by atoms with Gasteiger partial charge in [-0.2, -0.15) is 4.99 Å². The number of rotatable bonds is 6. The molecule has 160 valence electrons. The molecule has 0 spiro atoms. The van der Waals surface area contributed by atoms with Crippen LogP contribution in [0, 0.1) is 5.41 Å². The van der Waals surface area contributed by atoms with Gasteiger partial charge in [-0.15, -0.1) is 13.2 Å². The van der Waals surface area contributed by atoms with Gasteiger partial charge in [-0.1, -0.05) is 18.5 Å². The first-order valence-corrected chi connectivity index (χ1v) is 9.14. The molecule has 0 fully saturated rings. The zero-order chi connectivity index (χ0) is 22.3. The Kier molecular flexibility index (Phi) is 7.82. The minimum absolute atomic E-state index is 0.0837. The minimum atomic E-state index is -4.80. The number of halogens is 4. The van der Waals surface area contributed by atoms with Crippen LogP contribution in [0.1, 0.15) is 29.3 Å². The Morgan fingerprint density at radius 2 is 1.70 bits per heavy atom. The molecule has 0 heterocycles. The number of carbonyl (C=O) groups excluding carboxylic acids is 1. The van der Waals surface area contributed by atoms with E-state index >= 15 is 0 Å². The highest BCUT2D eigenvalue weighted by atomic mass is 35.5. The Morgan fingerprint density at radius 3 is 2.20 bits per heavy atom. The Morgan fingerprint density at radius 1 is 1.13 bits per heavy atom. The lowest BCUT2D eigenvalue weighted by atomic mass is 10.1. The molecule has 2 N–H and O–H groups in total. The molecule has 0 aliphatic rings. The Labute approximate surface area is 176 Å². The van der Waals surface area contributed by atoms with Crippen molar-refractivity contribution in [3.8, 4) is 5.75 Å². The molecule has 0 bridgehead atoms. The van der Waals surface area contributed by atoms with Crippen molar-refractivity contribution in [2.24, 2.45) is 4.99 Å². The van der Waals surface area contributed by atoms with Crippen molar-refractivity contribution >= 4 is 29.2 Å². The largest absolute Gasteiger partial charge is 0.573 e. The van der Waals surface area contributed by atoms with E-state index in [9.17, 15) is 18.0 Å². The number of nitrogens with one attached hydrogen (secondary N) is 2. The van der Waals surface area contributed by atoms with Crippen molar-refractivity contribution in [2.45, 2.75) is 25.7 Å². The summed E-state index contributed by atoms with van der Waals surface area (Å²) >= 11 is 5.82. The normalized spacial score (nSPS) is 12.8.